The van der Waals surface area contributed by atoms with Crippen molar-refractivity contribution in [1.29, 1.82) is 5.26 Å². The van der Waals surface area contributed by atoms with E-state index in [0.717, 1.165) is 93.2 Å². The third-order valence-corrected chi connectivity index (χ3v) is 28.0. The van der Waals surface area contributed by atoms with Crippen LogP contribution >= 0.6 is 44.0 Å². The molecule has 0 aliphatic heterocycles. The molecule has 718 valence electrons. The summed E-state index contributed by atoms with van der Waals surface area (Å²) in [6, 6.07) is 46.5. The first-order valence-corrected chi connectivity index (χ1v) is 54.2. The number of fused-ring (bicyclic) bond motifs is 5. The fourth-order valence-corrected chi connectivity index (χ4v) is 17.3. The summed E-state index contributed by atoms with van der Waals surface area (Å²) in [7, 11) is -0.974. The number of alkyl halides is 3. The molecule has 0 saturated carbocycles. The van der Waals surface area contributed by atoms with Gasteiger partial charge in [0, 0.05) is 34.3 Å². The van der Waals surface area contributed by atoms with Gasteiger partial charge in [0.05, 0.1) is 16.7 Å². The molecule has 0 N–H and O–H groups in total. The summed E-state index contributed by atoms with van der Waals surface area (Å²) in [5, 5.41) is 17.2. The van der Waals surface area contributed by atoms with Crippen LogP contribution in [0.25, 0.3) is 50.3 Å². The zero-order valence-corrected chi connectivity index (χ0v) is 92.7. The number of pyridine rings is 1. The first kappa shape index (κ1) is 115. The molecule has 0 unspecified atom stereocenters. The van der Waals surface area contributed by atoms with E-state index in [0.29, 0.717) is 23.4 Å². The number of thiophene rings is 2. The topological polar surface area (TPSA) is 97.1 Å². The number of aromatic nitrogens is 1. The van der Waals surface area contributed by atoms with Crippen molar-refractivity contribution >= 4 is 110 Å². The molecule has 8 aromatic rings. The summed E-state index contributed by atoms with van der Waals surface area (Å²) in [6.07, 6.45) is 56.7. The number of Topliss-reactive ketones (excluding diaryl/α,β-unsaturated/α-hetero) is 1. The van der Waals surface area contributed by atoms with Gasteiger partial charge in [-0.25, -0.2) is 6.07 Å². The van der Waals surface area contributed by atoms with Crippen molar-refractivity contribution in [1.82, 2.24) is 4.98 Å². The predicted molar refractivity (Wildman–Crippen MR) is 586 cm³/mol. The van der Waals surface area contributed by atoms with Crippen LogP contribution in [0, 0.1) is 23.6 Å². The number of carbonyl (C=O) groups excluding carboxylic acids is 1. The number of rotatable bonds is 18. The minimum atomic E-state index is -5.74. The molecule has 0 atom stereocenters. The molecule has 3 heterocycles. The van der Waals surface area contributed by atoms with E-state index < -0.39 is 15.6 Å². The number of halogens is 5. The van der Waals surface area contributed by atoms with E-state index in [1.165, 1.54) is 117 Å². The molecule has 0 bridgehead atoms. The standard InChI is InChI=1S/C25H28S.C22H25F3O3S.C22H25N.C22H28.C21H26O.C6H6ClN.C4H3S.ClH.Zn/c1-6-18(2)9-7-10-19(3)20-12-13-23-22(17-20)21(14-15-25(23,4)5)24-11-8-16-26-24;1-6-15(2)8-7-9-16(3)17-10-11-19-18(14-17)20(12-13-21(19,4)5)28-29(26,27)22(23,24)25;1-6-16(2)8-7-9-17(3)18-10-11-21-20(14-18)19(15-23)12-13-22(21,4)5;1-7-16(2)9-8-10-17(3)19-11-12-21-20(15-19)18(4)13-14-22(21,5)6;1-6-15(2)8-7-9-16(3)17-10-11-19-18(14-17)20(22)12-13-21(19,4)5;1-5-2-3-6(7)4-8-5;1-2-4-5-3-1;;/h6-14,16-17H,15H2,1-5H3;6-12,14H,13H2,1-5H3;6-12,14H,13H2,1-5H3;7-13,15H,14H2,1-6H3;6-11,14H,12-13H2,1-5H3;2-4H,1H3;1-3H;1H;/q;;;;;;-1;;+2/p-1/b9-7+,18-6+,19-10+;8-7+,15-6+,16-9+;8-7+,16-6+,17-9+;9-8+,16-7+,17-10+;8-7+,15-6+,16-9+;;;;. The monoisotopic (exact) mass is 1980 g/mol. The van der Waals surface area contributed by atoms with Gasteiger partial charge in [-0.15, -0.1) is 16.7 Å². The number of nitriles is 1. The molecule has 5 aliphatic carbocycles. The van der Waals surface area contributed by atoms with Gasteiger partial charge in [0.15, 0.2) is 5.78 Å². The summed E-state index contributed by atoms with van der Waals surface area (Å²) >= 11 is 9.81. The fraction of sp³-hybridized carbons (Fsp3) is 0.320. The van der Waals surface area contributed by atoms with E-state index >= 15 is 0 Å². The number of hydrogen-bond donors (Lipinski definition) is 0. The van der Waals surface area contributed by atoms with Gasteiger partial charge in [-0.2, -0.15) is 38.3 Å². The molecule has 5 aromatic carbocycles. The van der Waals surface area contributed by atoms with Crippen molar-refractivity contribution < 1.29 is 47.9 Å². The van der Waals surface area contributed by atoms with Crippen LogP contribution in [0.1, 0.15) is 317 Å². The van der Waals surface area contributed by atoms with E-state index in [1.54, 1.807) is 23.6 Å². The number of hydrogen-bond acceptors (Lipinski definition) is 8. The van der Waals surface area contributed by atoms with Crippen LogP contribution in [0.5, 0.6) is 0 Å². The summed E-state index contributed by atoms with van der Waals surface area (Å²) in [5.74, 6) is -0.00381. The minimum Gasteiger partial charge on any atom is -0.304 e. The van der Waals surface area contributed by atoms with Gasteiger partial charge in [0.2, 0.25) is 0 Å². The predicted octanol–water partition coefficient (Wildman–Crippen LogP) is 37.3. The Labute approximate surface area is 848 Å². The van der Waals surface area contributed by atoms with Crippen LogP contribution in [0.2, 0.25) is 5.02 Å². The maximum atomic E-state index is 12.8. The molecule has 3 aromatic heterocycles. The molecule has 0 fully saturated rings. The minimum absolute atomic E-state index is 0.0920. The second-order valence-electron chi connectivity index (χ2n) is 38.3. The van der Waals surface area contributed by atoms with Crippen LogP contribution in [0.15, 0.2) is 318 Å². The quantitative estimate of drug-likeness (QED) is 0.0279. The molecule has 6 nitrogen and oxygen atoms in total. The van der Waals surface area contributed by atoms with Gasteiger partial charge in [-0.05, 0) is 348 Å². The third kappa shape index (κ3) is 34.3. The second kappa shape index (κ2) is 53.7. The Morgan fingerprint density at radius 1 is 0.474 bits per heavy atom. The van der Waals surface area contributed by atoms with Gasteiger partial charge in [0.25, 0.3) is 0 Å². The molecule has 5 aliphatic rings. The van der Waals surface area contributed by atoms with E-state index in [1.807, 2.05) is 133 Å². The van der Waals surface area contributed by atoms with Crippen molar-refractivity contribution in [3.8, 4) is 6.07 Å². The molecule has 0 spiro atoms. The molecule has 0 radical (unpaired) electrons. The Kier molecular flexibility index (Phi) is 45.2. The molecular weight excluding hydrogens is 1850 g/mol. The van der Waals surface area contributed by atoms with Crippen LogP contribution in [0.4, 0.5) is 13.2 Å². The van der Waals surface area contributed by atoms with E-state index in [9.17, 15) is 31.6 Å². The van der Waals surface area contributed by atoms with Crippen molar-refractivity contribution in [3.05, 3.63) is 422 Å². The maximum Gasteiger partial charge on any atom is -0.124 e. The molecule has 0 saturated heterocycles. The van der Waals surface area contributed by atoms with E-state index in [4.69, 9.17) is 21.3 Å². The summed E-state index contributed by atoms with van der Waals surface area (Å²) in [5.41, 5.74) is 28.4. The SMILES string of the molecule is C/C=C(C)/C=C/C=C(\C)c1ccc2c(c1)C(=O)CCC2(C)C.C/C=C(C)/C=C/C=C(\C)c1ccc2c(c1)C(C#N)=CCC2(C)C.C/C=C(C)/C=C/C=C(\C)c1ccc2c(c1)C(C)=CCC2(C)C.C/C=C(C)/C=C/C=C(\C)c1ccc2c(c1)C(OS(=O)(=O)C(F)(F)F)=CCC2(C)C.C/C=C(C)/C=C/C=C(\C)c1ccc2c(c1)C(c1cccs1)=CCC2(C)C.Cc1ccc(Cl)cn1.[Cl][Zn+].[c-]1cccs1. The van der Waals surface area contributed by atoms with Crippen LogP contribution in [-0.4, -0.2) is 24.7 Å². The summed E-state index contributed by atoms with van der Waals surface area (Å²) in [6.45, 7) is 57.3. The Morgan fingerprint density at radius 2 is 0.839 bits per heavy atom. The normalized spacial score (nSPS) is 16.9. The van der Waals surface area contributed by atoms with Crippen molar-refractivity contribution in [2.24, 2.45) is 0 Å². The van der Waals surface area contributed by atoms with E-state index in [-0.39, 0.29) is 38.6 Å². The molecule has 13 rings (SSSR count). The largest absolute Gasteiger partial charge is 0.304 e. The van der Waals surface area contributed by atoms with E-state index in [2.05, 4.69) is 358 Å². The van der Waals surface area contributed by atoms with Gasteiger partial charge in [0.1, 0.15) is 5.76 Å². The first-order valence-electron chi connectivity index (χ1n) is 46.7. The Hall–Kier alpha value is -10.4. The zero-order chi connectivity index (χ0) is 102. The fourth-order valence-electron chi connectivity index (χ4n) is 15.5. The van der Waals surface area contributed by atoms with Crippen LogP contribution < -0.4 is 0 Å². The van der Waals surface area contributed by atoms with Gasteiger partial charge >= 0.3 is 42.6 Å². The average molecular weight is 1990 g/mol. The molecular formula is C122H141Cl2F3N2O4S3Zn. The third-order valence-electron chi connectivity index (χ3n) is 25.4. The second-order valence-corrected chi connectivity index (χ2v) is 41.9. The molecule has 15 heteroatoms. The van der Waals surface area contributed by atoms with Gasteiger partial charge in [-0.3, -0.25) is 9.78 Å². The van der Waals surface area contributed by atoms with Gasteiger partial charge < -0.3 is 15.5 Å². The van der Waals surface area contributed by atoms with Crippen molar-refractivity contribution in [2.75, 3.05) is 0 Å². The molecule has 0 amide bonds. The zero-order valence-electron chi connectivity index (χ0n) is 85.8. The van der Waals surface area contributed by atoms with Crippen LogP contribution in [-0.2, 0) is 58.7 Å². The smallest absolute Gasteiger partial charge is 0.124 e. The Balaban J connectivity index is 0.000000253. The Morgan fingerprint density at radius 3 is 1.20 bits per heavy atom. The van der Waals surface area contributed by atoms with Crippen LogP contribution in [0.3, 0.4) is 0 Å². The number of allylic oxidation sites excluding steroid dienone is 36. The summed E-state index contributed by atoms with van der Waals surface area (Å²) in [4.78, 5) is 17.6. The van der Waals surface area contributed by atoms with Crippen molar-refractivity contribution in [3.63, 3.8) is 0 Å². The molecule has 137 heavy (non-hydrogen) atoms. The number of aryl methyl sites for hydroxylation is 1. The van der Waals surface area contributed by atoms with Gasteiger partial charge in [-0.1, -0.05) is 315 Å². The summed E-state index contributed by atoms with van der Waals surface area (Å²) < 4.78 is 65.9. The Bertz CT molecular complexity index is 6260. The number of carbonyl (C=O) groups is 1. The van der Waals surface area contributed by atoms with Crippen molar-refractivity contribution in [2.45, 2.75) is 258 Å². The maximum absolute atomic E-state index is 12.8. The number of benzene rings is 5. The number of ketones is 1. The average Bonchev–Trinajstić information content (AvgIpc) is 1.74. The first-order chi connectivity index (χ1) is 64.6. The number of nitrogens with zero attached hydrogens (tertiary/aromatic N) is 2.